The molecule has 0 aliphatic carbocycles. The van der Waals surface area contributed by atoms with Crippen LogP contribution in [0, 0.1) is 11.5 Å². The molecule has 0 aliphatic heterocycles. The first-order valence-electron chi connectivity index (χ1n) is 3.42. The van der Waals surface area contributed by atoms with E-state index >= 15 is 0 Å². The maximum atomic E-state index is 11.7. The Morgan fingerprint density at radius 1 is 1.46 bits per heavy atom. The minimum atomic E-state index is -2.85. The molecule has 5 heteroatoms. The highest BCUT2D eigenvalue weighted by Crippen LogP contribution is 2.18. The molecule has 1 aromatic rings. The zero-order valence-corrected chi connectivity index (χ0v) is 6.50. The summed E-state index contributed by atoms with van der Waals surface area (Å²) in [5, 5.41) is 10.5. The van der Waals surface area contributed by atoms with Crippen LogP contribution >= 0.6 is 0 Å². The topological polar surface area (TPSA) is 45.0 Å². The molecule has 0 saturated carbocycles. The third-order valence-corrected chi connectivity index (χ3v) is 1.26. The van der Waals surface area contributed by atoms with Gasteiger partial charge in [0.05, 0.1) is 5.69 Å². The Morgan fingerprint density at radius 3 is 2.85 bits per heavy atom. The summed E-state index contributed by atoms with van der Waals surface area (Å²) in [7, 11) is 0. The first kappa shape index (κ1) is 9.26. The van der Waals surface area contributed by atoms with E-state index in [0.717, 1.165) is 0 Å². The molecular weight excluding hydrogens is 178 g/mol. The fourth-order valence-electron chi connectivity index (χ4n) is 0.815. The minimum Gasteiger partial charge on any atom is -0.435 e. The second kappa shape index (κ2) is 4.26. The summed E-state index contributed by atoms with van der Waals surface area (Å²) in [6, 6.07) is 5.78. The van der Waals surface area contributed by atoms with Gasteiger partial charge in [-0.05, 0) is 12.1 Å². The Kier molecular flexibility index (Phi) is 3.03. The van der Waals surface area contributed by atoms with E-state index in [4.69, 9.17) is 5.26 Å². The predicted molar refractivity (Wildman–Crippen MR) is 42.3 cm³/mol. The van der Waals surface area contributed by atoms with Crippen molar-refractivity contribution in [1.82, 2.24) is 0 Å². The van der Waals surface area contributed by atoms with Gasteiger partial charge < -0.3 is 4.74 Å². The van der Waals surface area contributed by atoms with Gasteiger partial charge in [-0.1, -0.05) is 6.07 Å². The maximum Gasteiger partial charge on any atom is 0.387 e. The van der Waals surface area contributed by atoms with Crippen molar-refractivity contribution in [3.63, 3.8) is 0 Å². The molecule has 0 aromatic heterocycles. The fraction of sp³-hybridized carbons (Fsp3) is 0.125. The Morgan fingerprint density at radius 2 is 2.23 bits per heavy atom. The molecule has 0 atom stereocenters. The van der Waals surface area contributed by atoms with Crippen LogP contribution in [0.5, 0.6) is 5.75 Å². The highest BCUT2D eigenvalue weighted by Gasteiger charge is 2.03. The van der Waals surface area contributed by atoms with Crippen molar-refractivity contribution in [3.8, 4) is 11.9 Å². The monoisotopic (exact) mass is 184 g/mol. The van der Waals surface area contributed by atoms with Gasteiger partial charge in [-0.25, -0.2) is 0 Å². The molecule has 0 heterocycles. The Labute approximate surface area is 73.5 Å². The van der Waals surface area contributed by atoms with Crippen molar-refractivity contribution in [2.75, 3.05) is 5.32 Å². The first-order valence-corrected chi connectivity index (χ1v) is 3.42. The highest BCUT2D eigenvalue weighted by atomic mass is 19.3. The van der Waals surface area contributed by atoms with Crippen LogP contribution in [0.15, 0.2) is 24.3 Å². The van der Waals surface area contributed by atoms with Crippen molar-refractivity contribution in [1.29, 1.82) is 5.26 Å². The van der Waals surface area contributed by atoms with Crippen LogP contribution in [0.2, 0.25) is 0 Å². The summed E-state index contributed by atoms with van der Waals surface area (Å²) in [6.07, 6.45) is 1.67. The molecule has 1 N–H and O–H groups in total. The summed E-state index contributed by atoms with van der Waals surface area (Å²) in [5.74, 6) is 0.0234. The number of nitrogens with one attached hydrogen (secondary N) is 1. The standard InChI is InChI=1S/C8H6F2N2O/c9-8(10)13-7-3-1-2-6(4-7)12-5-11/h1-4,8,12H. The van der Waals surface area contributed by atoms with Crippen LogP contribution in [-0.2, 0) is 0 Å². The van der Waals surface area contributed by atoms with Crippen molar-refractivity contribution in [2.45, 2.75) is 6.61 Å². The van der Waals surface area contributed by atoms with Gasteiger partial charge in [0.2, 0.25) is 0 Å². The predicted octanol–water partition coefficient (Wildman–Crippen LogP) is 2.18. The van der Waals surface area contributed by atoms with E-state index in [9.17, 15) is 8.78 Å². The number of alkyl halides is 2. The Bertz CT molecular complexity index is 322. The van der Waals surface area contributed by atoms with E-state index in [-0.39, 0.29) is 5.75 Å². The molecule has 3 nitrogen and oxygen atoms in total. The molecular formula is C8H6F2N2O. The second-order valence-electron chi connectivity index (χ2n) is 2.14. The van der Waals surface area contributed by atoms with Gasteiger partial charge >= 0.3 is 6.61 Å². The van der Waals surface area contributed by atoms with Gasteiger partial charge in [0.15, 0.2) is 6.19 Å². The van der Waals surface area contributed by atoms with Crippen molar-refractivity contribution in [2.24, 2.45) is 0 Å². The van der Waals surface area contributed by atoms with Crippen molar-refractivity contribution in [3.05, 3.63) is 24.3 Å². The van der Waals surface area contributed by atoms with Gasteiger partial charge in [0, 0.05) is 6.07 Å². The lowest BCUT2D eigenvalue weighted by molar-refractivity contribution is -0.0497. The SMILES string of the molecule is N#CNc1cccc(OC(F)F)c1. The number of benzene rings is 1. The average Bonchev–Trinajstić information content (AvgIpc) is 2.04. The zero-order valence-electron chi connectivity index (χ0n) is 6.50. The largest absolute Gasteiger partial charge is 0.435 e. The summed E-state index contributed by atoms with van der Waals surface area (Å²) < 4.78 is 27.6. The lowest BCUT2D eigenvalue weighted by Crippen LogP contribution is -2.01. The number of anilines is 1. The van der Waals surface area contributed by atoms with Crippen LogP contribution in [-0.4, -0.2) is 6.61 Å². The molecule has 13 heavy (non-hydrogen) atoms. The van der Waals surface area contributed by atoms with E-state index < -0.39 is 6.61 Å². The van der Waals surface area contributed by atoms with E-state index in [2.05, 4.69) is 10.1 Å². The molecule has 0 aliphatic rings. The van der Waals surface area contributed by atoms with Crippen molar-refractivity contribution < 1.29 is 13.5 Å². The summed E-state index contributed by atoms with van der Waals surface area (Å²) >= 11 is 0. The van der Waals surface area contributed by atoms with Gasteiger partial charge in [0.1, 0.15) is 5.75 Å². The lowest BCUT2D eigenvalue weighted by Gasteiger charge is -2.04. The van der Waals surface area contributed by atoms with Gasteiger partial charge in [-0.15, -0.1) is 0 Å². The summed E-state index contributed by atoms with van der Waals surface area (Å²) in [4.78, 5) is 0. The number of ether oxygens (including phenoxy) is 1. The number of nitriles is 1. The quantitative estimate of drug-likeness (QED) is 0.578. The molecule has 0 saturated heterocycles. The zero-order chi connectivity index (χ0) is 9.68. The molecule has 1 rings (SSSR count). The Hall–Kier alpha value is -1.83. The number of nitrogens with zero attached hydrogens (tertiary/aromatic N) is 1. The smallest absolute Gasteiger partial charge is 0.387 e. The average molecular weight is 184 g/mol. The van der Waals surface area contributed by atoms with Crippen LogP contribution in [0.1, 0.15) is 0 Å². The second-order valence-corrected chi connectivity index (χ2v) is 2.14. The van der Waals surface area contributed by atoms with Gasteiger partial charge in [-0.3, -0.25) is 5.32 Å². The molecule has 0 spiro atoms. The summed E-state index contributed by atoms with van der Waals surface area (Å²) in [5.41, 5.74) is 0.417. The fourth-order valence-corrected chi connectivity index (χ4v) is 0.815. The normalized spacial score (nSPS) is 9.38. The molecule has 0 unspecified atom stereocenters. The van der Waals surface area contributed by atoms with Gasteiger partial charge in [0.25, 0.3) is 0 Å². The number of hydrogen-bond acceptors (Lipinski definition) is 3. The number of halogens is 2. The maximum absolute atomic E-state index is 11.7. The van der Waals surface area contributed by atoms with Crippen LogP contribution in [0.4, 0.5) is 14.5 Å². The van der Waals surface area contributed by atoms with Gasteiger partial charge in [-0.2, -0.15) is 14.0 Å². The van der Waals surface area contributed by atoms with Crippen molar-refractivity contribution >= 4 is 5.69 Å². The third kappa shape index (κ3) is 2.95. The van der Waals surface area contributed by atoms with Crippen LogP contribution in [0.3, 0.4) is 0 Å². The molecule has 0 amide bonds. The third-order valence-electron chi connectivity index (χ3n) is 1.26. The van der Waals surface area contributed by atoms with E-state index in [0.29, 0.717) is 5.69 Å². The highest BCUT2D eigenvalue weighted by molar-refractivity contribution is 5.50. The van der Waals surface area contributed by atoms with E-state index in [1.54, 1.807) is 12.3 Å². The van der Waals surface area contributed by atoms with E-state index in [1.807, 2.05) is 0 Å². The minimum absolute atomic E-state index is 0.0234. The molecule has 68 valence electrons. The molecule has 0 fully saturated rings. The number of rotatable bonds is 3. The van der Waals surface area contributed by atoms with E-state index in [1.165, 1.54) is 18.2 Å². The van der Waals surface area contributed by atoms with Crippen LogP contribution < -0.4 is 10.1 Å². The first-order chi connectivity index (χ1) is 6.22. The van der Waals surface area contributed by atoms with Crippen LogP contribution in [0.25, 0.3) is 0 Å². The molecule has 0 radical (unpaired) electrons. The molecule has 0 bridgehead atoms. The number of hydrogen-bond donors (Lipinski definition) is 1. The molecule has 1 aromatic carbocycles. The lowest BCUT2D eigenvalue weighted by atomic mass is 10.3. The Balaban J connectivity index is 2.74. The summed E-state index contributed by atoms with van der Waals surface area (Å²) in [6.45, 7) is -2.85.